The van der Waals surface area contributed by atoms with E-state index in [1.807, 2.05) is 35.7 Å². The van der Waals surface area contributed by atoms with Gasteiger partial charge in [-0.05, 0) is 0 Å². The van der Waals surface area contributed by atoms with E-state index in [0.29, 0.717) is 30.9 Å². The number of hydrogen-bond acceptors (Lipinski definition) is 5. The molecule has 0 radical (unpaired) electrons. The van der Waals surface area contributed by atoms with Crippen LogP contribution >= 0.6 is 11.3 Å². The van der Waals surface area contributed by atoms with Gasteiger partial charge in [0.05, 0.1) is 17.8 Å². The van der Waals surface area contributed by atoms with Gasteiger partial charge in [-0.3, -0.25) is 14.7 Å². The molecule has 7 heteroatoms. The lowest BCUT2D eigenvalue weighted by Gasteiger charge is -2.11. The molecule has 3 aromatic rings. The number of fused-ring (bicyclic) bond motifs is 1. The molecule has 1 aliphatic rings. The molecule has 2 N–H and O–H groups in total. The summed E-state index contributed by atoms with van der Waals surface area (Å²) in [7, 11) is 0. The Morgan fingerprint density at radius 3 is 2.78 bits per heavy atom. The van der Waals surface area contributed by atoms with Crippen LogP contribution in [0.3, 0.4) is 0 Å². The Kier molecular flexibility index (Phi) is 3.44. The molecule has 3 heterocycles. The summed E-state index contributed by atoms with van der Waals surface area (Å²) in [5, 5.41) is 3.04. The molecule has 0 atom stereocenters. The van der Waals surface area contributed by atoms with Crippen molar-refractivity contribution in [1.82, 2.24) is 19.9 Å². The maximum atomic E-state index is 11.8. The van der Waals surface area contributed by atoms with Crippen LogP contribution in [0.25, 0.3) is 11.3 Å². The van der Waals surface area contributed by atoms with Gasteiger partial charge in [0, 0.05) is 29.7 Å². The van der Waals surface area contributed by atoms with Crippen molar-refractivity contribution in [3.05, 3.63) is 72.8 Å². The third-order valence-electron chi connectivity index (χ3n) is 3.87. The van der Waals surface area contributed by atoms with Crippen molar-refractivity contribution >= 4 is 11.3 Å². The van der Waals surface area contributed by atoms with Crippen LogP contribution in [0.15, 0.2) is 45.3 Å². The van der Waals surface area contributed by atoms with Crippen molar-refractivity contribution in [2.24, 2.45) is 0 Å². The Bertz CT molecular complexity index is 958. The fourth-order valence-corrected chi connectivity index (χ4v) is 3.64. The van der Waals surface area contributed by atoms with Crippen LogP contribution in [0, 0.1) is 0 Å². The number of aromatic nitrogens is 3. The Morgan fingerprint density at radius 2 is 1.96 bits per heavy atom. The number of thiazole rings is 1. The fraction of sp³-hybridized carbons (Fsp3) is 0.188. The number of nitrogens with one attached hydrogen (secondary N) is 2. The summed E-state index contributed by atoms with van der Waals surface area (Å²) in [4.78, 5) is 34.9. The molecule has 0 amide bonds. The lowest BCUT2D eigenvalue weighted by atomic mass is 10.2. The minimum absolute atomic E-state index is 0.296. The van der Waals surface area contributed by atoms with Crippen molar-refractivity contribution in [2.75, 3.05) is 0 Å². The second-order valence-electron chi connectivity index (χ2n) is 5.50. The van der Waals surface area contributed by atoms with E-state index in [0.717, 1.165) is 16.3 Å². The molecular weight excluding hydrogens is 312 g/mol. The first-order valence-electron chi connectivity index (χ1n) is 7.25. The highest BCUT2D eigenvalue weighted by molar-refractivity contribution is 7.09. The minimum atomic E-state index is -0.448. The summed E-state index contributed by atoms with van der Waals surface area (Å²) in [6.45, 7) is 1.75. The molecule has 2 aromatic heterocycles. The van der Waals surface area contributed by atoms with Gasteiger partial charge in [-0.25, -0.2) is 9.78 Å². The van der Waals surface area contributed by atoms with E-state index in [1.54, 1.807) is 11.3 Å². The van der Waals surface area contributed by atoms with E-state index in [1.165, 1.54) is 0 Å². The lowest BCUT2D eigenvalue weighted by Crippen LogP contribution is -2.25. The highest BCUT2D eigenvalue weighted by Gasteiger charge is 2.23. The van der Waals surface area contributed by atoms with Crippen molar-refractivity contribution in [3.63, 3.8) is 0 Å². The summed E-state index contributed by atoms with van der Waals surface area (Å²) in [5.41, 5.74) is 2.67. The first-order valence-corrected chi connectivity index (χ1v) is 8.13. The second kappa shape index (κ2) is 5.60. The number of benzene rings is 1. The smallest absolute Gasteiger partial charge is 0.310 e. The molecule has 0 fully saturated rings. The number of nitrogens with zero attached hydrogens (tertiary/aromatic N) is 2. The van der Waals surface area contributed by atoms with Crippen molar-refractivity contribution in [1.29, 1.82) is 0 Å². The molecule has 0 saturated heterocycles. The molecule has 116 valence electrons. The molecule has 0 bridgehead atoms. The summed E-state index contributed by atoms with van der Waals surface area (Å²) < 4.78 is 0. The van der Waals surface area contributed by atoms with Crippen molar-refractivity contribution in [2.45, 2.75) is 19.6 Å². The largest absolute Gasteiger partial charge is 0.325 e. The zero-order valence-electron chi connectivity index (χ0n) is 12.2. The summed E-state index contributed by atoms with van der Waals surface area (Å²) in [6, 6.07) is 10.0. The van der Waals surface area contributed by atoms with E-state index in [4.69, 9.17) is 0 Å². The molecule has 23 heavy (non-hydrogen) atoms. The van der Waals surface area contributed by atoms with Gasteiger partial charge in [-0.15, -0.1) is 11.3 Å². The highest BCUT2D eigenvalue weighted by atomic mass is 32.1. The van der Waals surface area contributed by atoms with Crippen LogP contribution in [0.2, 0.25) is 0 Å². The number of rotatable bonds is 3. The monoisotopic (exact) mass is 326 g/mol. The van der Waals surface area contributed by atoms with E-state index < -0.39 is 5.69 Å². The molecule has 0 spiro atoms. The zero-order valence-corrected chi connectivity index (χ0v) is 13.0. The quantitative estimate of drug-likeness (QED) is 0.767. The fourth-order valence-electron chi connectivity index (χ4n) is 2.79. The summed E-state index contributed by atoms with van der Waals surface area (Å²) in [6.07, 6.45) is 0. The van der Waals surface area contributed by atoms with Gasteiger partial charge < -0.3 is 4.98 Å². The minimum Gasteiger partial charge on any atom is -0.310 e. The van der Waals surface area contributed by atoms with Crippen molar-refractivity contribution < 1.29 is 0 Å². The van der Waals surface area contributed by atoms with E-state index >= 15 is 0 Å². The number of H-pyrrole nitrogens is 2. The van der Waals surface area contributed by atoms with Gasteiger partial charge in [0.25, 0.3) is 5.56 Å². The maximum Gasteiger partial charge on any atom is 0.325 e. The topological polar surface area (TPSA) is 81.8 Å². The summed E-state index contributed by atoms with van der Waals surface area (Å²) >= 11 is 1.61. The van der Waals surface area contributed by atoms with Crippen LogP contribution in [0.4, 0.5) is 0 Å². The normalized spacial score (nSPS) is 14.1. The average Bonchev–Trinajstić information content (AvgIpc) is 3.15. The van der Waals surface area contributed by atoms with Gasteiger partial charge in [0.1, 0.15) is 5.01 Å². The van der Waals surface area contributed by atoms with E-state index in [2.05, 4.69) is 19.9 Å². The summed E-state index contributed by atoms with van der Waals surface area (Å²) in [5.74, 6) is 0. The predicted octanol–water partition coefficient (Wildman–Crippen LogP) is 1.70. The third-order valence-corrected chi connectivity index (χ3v) is 4.71. The third kappa shape index (κ3) is 2.76. The van der Waals surface area contributed by atoms with Crippen LogP contribution in [-0.4, -0.2) is 19.9 Å². The Balaban J connectivity index is 1.53. The first-order chi connectivity index (χ1) is 11.2. The zero-order chi connectivity index (χ0) is 15.8. The Hall–Kier alpha value is -2.51. The van der Waals surface area contributed by atoms with Gasteiger partial charge in [0.15, 0.2) is 0 Å². The van der Waals surface area contributed by atoms with Gasteiger partial charge >= 0.3 is 5.69 Å². The first kappa shape index (κ1) is 14.1. The standard InChI is InChI=1S/C16H14N4O2S/c21-15-11-6-20(7-12(11)18-16(22)19-15)8-14-17-13(9-23-14)10-4-2-1-3-5-10/h1-5,9H,6-8H2,(H2,18,19,21,22). The van der Waals surface area contributed by atoms with Crippen LogP contribution in [-0.2, 0) is 19.6 Å². The molecule has 0 unspecified atom stereocenters. The lowest BCUT2D eigenvalue weighted by molar-refractivity contribution is 0.273. The number of hydrogen-bond donors (Lipinski definition) is 2. The number of aromatic amines is 2. The van der Waals surface area contributed by atoms with Crippen molar-refractivity contribution in [3.8, 4) is 11.3 Å². The molecule has 6 nitrogen and oxygen atoms in total. The van der Waals surface area contributed by atoms with Crippen LogP contribution < -0.4 is 11.2 Å². The molecule has 0 aliphatic carbocycles. The van der Waals surface area contributed by atoms with Crippen LogP contribution in [0.1, 0.15) is 16.3 Å². The Morgan fingerprint density at radius 1 is 1.13 bits per heavy atom. The average molecular weight is 326 g/mol. The van der Waals surface area contributed by atoms with Crippen LogP contribution in [0.5, 0.6) is 0 Å². The molecular formula is C16H14N4O2S. The molecule has 1 aromatic carbocycles. The van der Waals surface area contributed by atoms with Gasteiger partial charge in [-0.1, -0.05) is 30.3 Å². The highest BCUT2D eigenvalue weighted by Crippen LogP contribution is 2.24. The SMILES string of the molecule is O=c1[nH]c2c(c(=O)[nH]1)CN(Cc1nc(-c3ccccc3)cs1)C2. The van der Waals surface area contributed by atoms with E-state index in [9.17, 15) is 9.59 Å². The Labute approximate surface area is 135 Å². The van der Waals surface area contributed by atoms with Gasteiger partial charge in [-0.2, -0.15) is 0 Å². The predicted molar refractivity (Wildman–Crippen MR) is 88.2 cm³/mol. The molecule has 1 aliphatic heterocycles. The maximum absolute atomic E-state index is 11.8. The molecule has 0 saturated carbocycles. The van der Waals surface area contributed by atoms with Gasteiger partial charge in [0.2, 0.25) is 0 Å². The second-order valence-corrected chi connectivity index (χ2v) is 6.45. The molecule has 4 rings (SSSR count). The van der Waals surface area contributed by atoms with E-state index in [-0.39, 0.29) is 5.56 Å².